The molecule has 2 aromatic carbocycles. The first-order valence-electron chi connectivity index (χ1n) is 7.88. The normalized spacial score (nSPS) is 10.5. The average Bonchev–Trinajstić information content (AvgIpc) is 2.66. The third kappa shape index (κ3) is 4.63. The van der Waals surface area contributed by atoms with Gasteiger partial charge in [-0.05, 0) is 18.6 Å². The van der Waals surface area contributed by atoms with E-state index in [4.69, 9.17) is 14.2 Å². The van der Waals surface area contributed by atoms with Crippen molar-refractivity contribution in [2.45, 2.75) is 6.92 Å². The summed E-state index contributed by atoms with van der Waals surface area (Å²) in [5, 5.41) is 2.67. The number of carbonyl (C=O) groups is 2. The first-order valence-corrected chi connectivity index (χ1v) is 7.88. The van der Waals surface area contributed by atoms with Crippen molar-refractivity contribution in [3.63, 3.8) is 0 Å². The molecule has 0 radical (unpaired) electrons. The van der Waals surface area contributed by atoms with E-state index in [0.717, 1.165) is 11.1 Å². The van der Waals surface area contributed by atoms with Gasteiger partial charge in [-0.25, -0.2) is 4.79 Å². The molecule has 136 valence electrons. The van der Waals surface area contributed by atoms with Gasteiger partial charge in [0.05, 0.1) is 32.6 Å². The van der Waals surface area contributed by atoms with Crippen LogP contribution in [-0.4, -0.2) is 33.2 Å². The van der Waals surface area contributed by atoms with Gasteiger partial charge >= 0.3 is 5.97 Å². The van der Waals surface area contributed by atoms with Crippen LogP contribution in [0.3, 0.4) is 0 Å². The Morgan fingerprint density at radius 2 is 1.58 bits per heavy atom. The van der Waals surface area contributed by atoms with Crippen molar-refractivity contribution < 1.29 is 23.8 Å². The van der Waals surface area contributed by atoms with Crippen molar-refractivity contribution in [1.82, 2.24) is 0 Å². The van der Waals surface area contributed by atoms with Crippen molar-refractivity contribution in [2.24, 2.45) is 0 Å². The van der Waals surface area contributed by atoms with E-state index in [2.05, 4.69) is 5.32 Å². The van der Waals surface area contributed by atoms with Crippen LogP contribution in [0.2, 0.25) is 0 Å². The number of ether oxygens (including phenoxy) is 3. The summed E-state index contributed by atoms with van der Waals surface area (Å²) in [5.41, 5.74) is 2.47. The Bertz CT molecular complexity index is 825. The lowest BCUT2D eigenvalue weighted by molar-refractivity contribution is -0.111. The number of methoxy groups -OCH3 is 3. The fourth-order valence-electron chi connectivity index (χ4n) is 2.29. The second-order valence-electron chi connectivity index (χ2n) is 5.48. The fourth-order valence-corrected chi connectivity index (χ4v) is 2.29. The molecule has 0 aliphatic carbocycles. The maximum Gasteiger partial charge on any atom is 0.340 e. The summed E-state index contributed by atoms with van der Waals surface area (Å²) in [4.78, 5) is 24.3. The Morgan fingerprint density at radius 1 is 0.962 bits per heavy atom. The molecule has 6 heteroatoms. The summed E-state index contributed by atoms with van der Waals surface area (Å²) < 4.78 is 15.2. The molecule has 0 fully saturated rings. The number of benzene rings is 2. The van der Waals surface area contributed by atoms with E-state index in [0.29, 0.717) is 11.5 Å². The third-order valence-electron chi connectivity index (χ3n) is 3.69. The molecule has 2 aromatic rings. The van der Waals surface area contributed by atoms with Gasteiger partial charge < -0.3 is 19.5 Å². The summed E-state index contributed by atoms with van der Waals surface area (Å²) in [6, 6.07) is 10.7. The van der Waals surface area contributed by atoms with E-state index in [1.165, 1.54) is 39.5 Å². The topological polar surface area (TPSA) is 73.9 Å². The second-order valence-corrected chi connectivity index (χ2v) is 5.48. The lowest BCUT2D eigenvalue weighted by Crippen LogP contribution is -2.13. The highest BCUT2D eigenvalue weighted by Gasteiger charge is 2.18. The monoisotopic (exact) mass is 355 g/mol. The summed E-state index contributed by atoms with van der Waals surface area (Å²) in [6.45, 7) is 1.99. The zero-order chi connectivity index (χ0) is 19.1. The molecular weight excluding hydrogens is 334 g/mol. The van der Waals surface area contributed by atoms with Crippen LogP contribution < -0.4 is 14.8 Å². The van der Waals surface area contributed by atoms with Crippen LogP contribution in [-0.2, 0) is 9.53 Å². The number of hydrogen-bond acceptors (Lipinski definition) is 5. The minimum absolute atomic E-state index is 0.169. The number of rotatable bonds is 6. The van der Waals surface area contributed by atoms with Crippen molar-refractivity contribution in [1.29, 1.82) is 0 Å². The van der Waals surface area contributed by atoms with Gasteiger partial charge in [0.15, 0.2) is 11.5 Å². The van der Waals surface area contributed by atoms with Crippen LogP contribution in [0.25, 0.3) is 6.08 Å². The first kappa shape index (κ1) is 19.1. The summed E-state index contributed by atoms with van der Waals surface area (Å²) in [5.74, 6) is -0.231. The second kappa shape index (κ2) is 8.71. The smallest absolute Gasteiger partial charge is 0.340 e. The number of amides is 1. The van der Waals surface area contributed by atoms with Crippen LogP contribution in [0.15, 0.2) is 42.5 Å². The molecule has 1 amide bonds. The van der Waals surface area contributed by atoms with Crippen LogP contribution in [0, 0.1) is 6.92 Å². The molecule has 6 nitrogen and oxygen atoms in total. The highest BCUT2D eigenvalue weighted by molar-refractivity contribution is 6.07. The van der Waals surface area contributed by atoms with Crippen LogP contribution in [0.5, 0.6) is 11.5 Å². The fraction of sp³-hybridized carbons (Fsp3) is 0.200. The van der Waals surface area contributed by atoms with Gasteiger partial charge in [-0.1, -0.05) is 29.8 Å². The molecule has 0 unspecified atom stereocenters. The summed E-state index contributed by atoms with van der Waals surface area (Å²) in [6.07, 6.45) is 3.08. The lowest BCUT2D eigenvalue weighted by Gasteiger charge is -2.14. The molecule has 0 spiro atoms. The molecule has 0 saturated carbocycles. The quantitative estimate of drug-likeness (QED) is 0.635. The molecule has 2 rings (SSSR count). The minimum Gasteiger partial charge on any atom is -0.493 e. The number of nitrogens with one attached hydrogen (secondary N) is 1. The van der Waals surface area contributed by atoms with Crippen molar-refractivity contribution in [2.75, 3.05) is 26.6 Å². The molecule has 0 aliphatic rings. The minimum atomic E-state index is -0.594. The van der Waals surface area contributed by atoms with Crippen molar-refractivity contribution in [3.8, 4) is 11.5 Å². The SMILES string of the molecule is COC(=O)c1cc(OC)c(OC)cc1NC(=O)/C=C/c1ccc(C)cc1. The van der Waals surface area contributed by atoms with Gasteiger partial charge in [-0.3, -0.25) is 4.79 Å². The molecule has 0 atom stereocenters. The molecule has 1 N–H and O–H groups in total. The van der Waals surface area contributed by atoms with Crippen LogP contribution in [0.1, 0.15) is 21.5 Å². The summed E-state index contributed by atoms with van der Waals surface area (Å²) in [7, 11) is 4.20. The van der Waals surface area contributed by atoms with Crippen molar-refractivity contribution >= 4 is 23.6 Å². The van der Waals surface area contributed by atoms with Gasteiger partial charge in [0.25, 0.3) is 0 Å². The van der Waals surface area contributed by atoms with Gasteiger partial charge in [-0.15, -0.1) is 0 Å². The van der Waals surface area contributed by atoms with E-state index in [9.17, 15) is 9.59 Å². The maximum absolute atomic E-state index is 12.2. The van der Waals surface area contributed by atoms with Gasteiger partial charge in [-0.2, -0.15) is 0 Å². The number of hydrogen-bond donors (Lipinski definition) is 1. The molecule has 0 aromatic heterocycles. The van der Waals surface area contributed by atoms with Crippen LogP contribution >= 0.6 is 0 Å². The predicted octanol–water partition coefficient (Wildman–Crippen LogP) is 3.45. The molecular formula is C20H21NO5. The predicted molar refractivity (Wildman–Crippen MR) is 99.7 cm³/mol. The average molecular weight is 355 g/mol. The van der Waals surface area contributed by atoms with Gasteiger partial charge in [0.2, 0.25) is 5.91 Å². The standard InChI is InChI=1S/C20H21NO5/c1-13-5-7-14(8-6-13)9-10-19(22)21-16-12-18(25-3)17(24-2)11-15(16)20(23)26-4/h5-12H,1-4H3,(H,21,22)/b10-9+. The Labute approximate surface area is 152 Å². The first-order chi connectivity index (χ1) is 12.5. The van der Waals surface area contributed by atoms with Crippen LogP contribution in [0.4, 0.5) is 5.69 Å². The van der Waals surface area contributed by atoms with Gasteiger partial charge in [0.1, 0.15) is 0 Å². The Balaban J connectivity index is 2.27. The van der Waals surface area contributed by atoms with E-state index in [-0.39, 0.29) is 17.2 Å². The Morgan fingerprint density at radius 3 is 2.15 bits per heavy atom. The molecule has 0 saturated heterocycles. The zero-order valence-corrected chi connectivity index (χ0v) is 15.2. The number of anilines is 1. The number of esters is 1. The van der Waals surface area contributed by atoms with E-state index < -0.39 is 5.97 Å². The Hall–Kier alpha value is -3.28. The molecule has 0 bridgehead atoms. The maximum atomic E-state index is 12.2. The van der Waals surface area contributed by atoms with E-state index >= 15 is 0 Å². The lowest BCUT2D eigenvalue weighted by atomic mass is 10.1. The number of carbonyl (C=O) groups excluding carboxylic acids is 2. The molecule has 0 aliphatic heterocycles. The largest absolute Gasteiger partial charge is 0.493 e. The highest BCUT2D eigenvalue weighted by atomic mass is 16.5. The van der Waals surface area contributed by atoms with Gasteiger partial charge in [0, 0.05) is 18.2 Å². The van der Waals surface area contributed by atoms with E-state index in [1.807, 2.05) is 31.2 Å². The van der Waals surface area contributed by atoms with Crippen molar-refractivity contribution in [3.05, 3.63) is 59.2 Å². The zero-order valence-electron chi connectivity index (χ0n) is 15.2. The third-order valence-corrected chi connectivity index (χ3v) is 3.69. The molecule has 0 heterocycles. The summed E-state index contributed by atoms with van der Waals surface area (Å²) >= 11 is 0. The molecule has 26 heavy (non-hydrogen) atoms. The highest BCUT2D eigenvalue weighted by Crippen LogP contribution is 2.33. The Kier molecular flexibility index (Phi) is 6.38. The number of aryl methyl sites for hydroxylation is 1. The van der Waals surface area contributed by atoms with E-state index in [1.54, 1.807) is 6.08 Å².